The van der Waals surface area contributed by atoms with Gasteiger partial charge in [0.2, 0.25) is 0 Å². The number of nitrogens with one attached hydrogen (secondary N) is 2. The fourth-order valence-corrected chi connectivity index (χ4v) is 3.75. The fourth-order valence-electron chi connectivity index (χ4n) is 2.07. The highest BCUT2D eigenvalue weighted by atomic mass is 32.2. The molecule has 1 aromatic rings. The van der Waals surface area contributed by atoms with E-state index in [-0.39, 0.29) is 23.5 Å². The number of hydrogen-bond acceptors (Lipinski definition) is 4. The van der Waals surface area contributed by atoms with Crippen molar-refractivity contribution in [3.05, 3.63) is 29.6 Å². The number of anilines is 1. The first-order valence-electron chi connectivity index (χ1n) is 6.08. The third-order valence-electron chi connectivity index (χ3n) is 3.05. The van der Waals surface area contributed by atoms with Crippen LogP contribution in [0.3, 0.4) is 0 Å². The second-order valence-corrected chi connectivity index (χ2v) is 6.89. The summed E-state index contributed by atoms with van der Waals surface area (Å²) < 4.78 is 36.1. The second kappa shape index (κ2) is 5.68. The Morgan fingerprint density at radius 3 is 2.62 bits per heavy atom. The van der Waals surface area contributed by atoms with Crippen molar-refractivity contribution in [2.75, 3.05) is 16.8 Å². The van der Waals surface area contributed by atoms with Gasteiger partial charge in [0.25, 0.3) is 0 Å². The Labute approximate surface area is 120 Å². The van der Waals surface area contributed by atoms with Crippen molar-refractivity contribution in [3.8, 4) is 0 Å². The van der Waals surface area contributed by atoms with Crippen LogP contribution < -0.4 is 10.6 Å². The van der Waals surface area contributed by atoms with Crippen molar-refractivity contribution in [2.45, 2.75) is 12.5 Å². The molecule has 1 fully saturated rings. The Balaban J connectivity index is 2.09. The largest absolute Gasteiger partial charge is 0.478 e. The van der Waals surface area contributed by atoms with Gasteiger partial charge in [0.1, 0.15) is 5.82 Å². The molecule has 1 aliphatic heterocycles. The van der Waals surface area contributed by atoms with E-state index in [1.165, 1.54) is 6.07 Å². The second-order valence-electron chi connectivity index (χ2n) is 4.67. The molecule has 2 rings (SSSR count). The van der Waals surface area contributed by atoms with Gasteiger partial charge in [-0.05, 0) is 18.6 Å². The first kappa shape index (κ1) is 15.2. The van der Waals surface area contributed by atoms with Crippen molar-refractivity contribution in [1.29, 1.82) is 0 Å². The molecule has 0 aliphatic carbocycles. The minimum absolute atomic E-state index is 0.0159. The Hall–Kier alpha value is -2.16. The predicted octanol–water partition coefficient (Wildman–Crippen LogP) is 0.833. The maximum Gasteiger partial charge on any atom is 0.337 e. The van der Waals surface area contributed by atoms with Gasteiger partial charge >= 0.3 is 12.0 Å². The van der Waals surface area contributed by atoms with Gasteiger partial charge in [0.05, 0.1) is 22.8 Å². The molecule has 1 heterocycles. The third-order valence-corrected chi connectivity index (χ3v) is 4.82. The molecule has 0 spiro atoms. The summed E-state index contributed by atoms with van der Waals surface area (Å²) in [5.41, 5.74) is -0.840. The van der Waals surface area contributed by atoms with E-state index in [9.17, 15) is 22.4 Å². The standard InChI is InChI=1S/C12H13FN2O5S/c13-9-3-1-2-8(11(16)17)10(9)15-12(18)14-7-4-5-21(19,20)6-7/h1-3,7H,4-6H2,(H,16,17)(H2,14,15,18). The smallest absolute Gasteiger partial charge is 0.337 e. The van der Waals surface area contributed by atoms with E-state index >= 15 is 0 Å². The number of amides is 2. The summed E-state index contributed by atoms with van der Waals surface area (Å²) in [6, 6.07) is 1.98. The van der Waals surface area contributed by atoms with Gasteiger partial charge in [-0.25, -0.2) is 22.4 Å². The van der Waals surface area contributed by atoms with Crippen LogP contribution in [0.1, 0.15) is 16.8 Å². The van der Waals surface area contributed by atoms with E-state index in [0.29, 0.717) is 0 Å². The molecule has 1 atom stereocenters. The highest BCUT2D eigenvalue weighted by Gasteiger charge is 2.29. The monoisotopic (exact) mass is 316 g/mol. The first-order chi connectivity index (χ1) is 9.78. The number of para-hydroxylation sites is 1. The van der Waals surface area contributed by atoms with Gasteiger partial charge in [0, 0.05) is 6.04 Å². The quantitative estimate of drug-likeness (QED) is 0.764. The van der Waals surface area contributed by atoms with Crippen LogP contribution in [0.4, 0.5) is 14.9 Å². The maximum absolute atomic E-state index is 13.6. The summed E-state index contributed by atoms with van der Waals surface area (Å²) in [5, 5.41) is 13.4. The van der Waals surface area contributed by atoms with Crippen LogP contribution in [-0.4, -0.2) is 43.1 Å². The maximum atomic E-state index is 13.6. The predicted molar refractivity (Wildman–Crippen MR) is 72.6 cm³/mol. The van der Waals surface area contributed by atoms with Crippen molar-refractivity contribution in [2.24, 2.45) is 0 Å². The molecule has 21 heavy (non-hydrogen) atoms. The molecule has 1 aromatic carbocycles. The lowest BCUT2D eigenvalue weighted by atomic mass is 10.1. The zero-order valence-electron chi connectivity index (χ0n) is 10.8. The molecule has 0 saturated carbocycles. The van der Waals surface area contributed by atoms with Crippen molar-refractivity contribution in [1.82, 2.24) is 5.32 Å². The summed E-state index contributed by atoms with van der Waals surface area (Å²) in [6.45, 7) is 0. The SMILES string of the molecule is O=C(Nc1c(F)cccc1C(=O)O)NC1CCS(=O)(=O)C1. The molecule has 9 heteroatoms. The zero-order chi connectivity index (χ0) is 15.6. The molecule has 114 valence electrons. The van der Waals surface area contributed by atoms with Crippen LogP contribution in [0.2, 0.25) is 0 Å². The fraction of sp³-hybridized carbons (Fsp3) is 0.333. The van der Waals surface area contributed by atoms with E-state index in [1.54, 1.807) is 0 Å². The van der Waals surface area contributed by atoms with Crippen LogP contribution in [0.15, 0.2) is 18.2 Å². The number of carboxylic acid groups (broad SMARTS) is 1. The number of rotatable bonds is 3. The topological polar surface area (TPSA) is 113 Å². The molecule has 1 saturated heterocycles. The summed E-state index contributed by atoms with van der Waals surface area (Å²) in [5.74, 6) is -2.46. The van der Waals surface area contributed by atoms with E-state index in [0.717, 1.165) is 12.1 Å². The van der Waals surface area contributed by atoms with Crippen LogP contribution in [-0.2, 0) is 9.84 Å². The highest BCUT2D eigenvalue weighted by molar-refractivity contribution is 7.91. The number of sulfone groups is 1. The lowest BCUT2D eigenvalue weighted by Gasteiger charge is -2.13. The minimum atomic E-state index is -3.15. The number of carbonyl (C=O) groups is 2. The van der Waals surface area contributed by atoms with Gasteiger partial charge in [-0.3, -0.25) is 0 Å². The number of aromatic carboxylic acids is 1. The van der Waals surface area contributed by atoms with Crippen LogP contribution >= 0.6 is 0 Å². The molecule has 7 nitrogen and oxygen atoms in total. The first-order valence-corrected chi connectivity index (χ1v) is 7.90. The average molecular weight is 316 g/mol. The molecule has 0 radical (unpaired) electrons. The van der Waals surface area contributed by atoms with Gasteiger partial charge < -0.3 is 15.7 Å². The van der Waals surface area contributed by atoms with Crippen molar-refractivity contribution in [3.63, 3.8) is 0 Å². The molecule has 2 amide bonds. The third kappa shape index (κ3) is 3.69. The van der Waals surface area contributed by atoms with Gasteiger partial charge in [-0.2, -0.15) is 0 Å². The lowest BCUT2D eigenvalue weighted by molar-refractivity contribution is 0.0697. The number of urea groups is 1. The molecule has 0 aromatic heterocycles. The van der Waals surface area contributed by atoms with E-state index < -0.39 is 39.4 Å². The van der Waals surface area contributed by atoms with Crippen molar-refractivity contribution >= 4 is 27.5 Å². The number of hydrogen-bond donors (Lipinski definition) is 3. The molecular formula is C12H13FN2O5S. The van der Waals surface area contributed by atoms with Gasteiger partial charge in [-0.15, -0.1) is 0 Å². The zero-order valence-corrected chi connectivity index (χ0v) is 11.6. The van der Waals surface area contributed by atoms with E-state index in [1.807, 2.05) is 0 Å². The van der Waals surface area contributed by atoms with E-state index in [4.69, 9.17) is 5.11 Å². The Morgan fingerprint density at radius 2 is 2.05 bits per heavy atom. The number of carbonyl (C=O) groups excluding carboxylic acids is 1. The summed E-state index contributed by atoms with van der Waals surface area (Å²) in [6.07, 6.45) is 0.277. The van der Waals surface area contributed by atoms with Crippen LogP contribution in [0, 0.1) is 5.82 Å². The molecule has 1 aliphatic rings. The summed E-state index contributed by atoms with van der Waals surface area (Å²) in [7, 11) is -3.15. The minimum Gasteiger partial charge on any atom is -0.478 e. The Kier molecular flexibility index (Phi) is 4.12. The van der Waals surface area contributed by atoms with Crippen molar-refractivity contribution < 1.29 is 27.5 Å². The molecule has 3 N–H and O–H groups in total. The number of benzene rings is 1. The lowest BCUT2D eigenvalue weighted by Crippen LogP contribution is -2.39. The summed E-state index contributed by atoms with van der Waals surface area (Å²) in [4.78, 5) is 22.7. The number of carboxylic acids is 1. The molecule has 1 unspecified atom stereocenters. The Morgan fingerprint density at radius 1 is 1.33 bits per heavy atom. The van der Waals surface area contributed by atoms with Crippen LogP contribution in [0.25, 0.3) is 0 Å². The number of halogens is 1. The van der Waals surface area contributed by atoms with Crippen LogP contribution in [0.5, 0.6) is 0 Å². The Bertz CT molecular complexity index is 689. The average Bonchev–Trinajstić information content (AvgIpc) is 2.70. The van der Waals surface area contributed by atoms with E-state index in [2.05, 4.69) is 10.6 Å². The summed E-state index contributed by atoms with van der Waals surface area (Å²) >= 11 is 0. The molecule has 0 bridgehead atoms. The molecular weight excluding hydrogens is 303 g/mol. The normalized spacial score (nSPS) is 20.0. The van der Waals surface area contributed by atoms with Gasteiger partial charge in [-0.1, -0.05) is 6.07 Å². The highest BCUT2D eigenvalue weighted by Crippen LogP contribution is 2.20. The van der Waals surface area contributed by atoms with Gasteiger partial charge in [0.15, 0.2) is 9.84 Å².